The molecule has 16 heavy (non-hydrogen) atoms. The number of rotatable bonds is 0. The van der Waals surface area contributed by atoms with Gasteiger partial charge >= 0.3 is 0 Å². The molecule has 6 nitrogen and oxygen atoms in total. The minimum Gasteiger partial charge on any atom is -0.383 e. The van der Waals surface area contributed by atoms with Gasteiger partial charge in [0.2, 0.25) is 0 Å². The maximum absolute atomic E-state index is 11.7. The molecule has 3 rings (SSSR count). The Morgan fingerprint density at radius 1 is 1.50 bits per heavy atom. The van der Waals surface area contributed by atoms with E-state index in [1.165, 1.54) is 22.4 Å². The van der Waals surface area contributed by atoms with Crippen molar-refractivity contribution in [3.63, 3.8) is 0 Å². The highest BCUT2D eigenvalue weighted by Gasteiger charge is 2.45. The molecule has 0 amide bonds. The van der Waals surface area contributed by atoms with Crippen molar-refractivity contribution in [2.75, 3.05) is 17.2 Å². The van der Waals surface area contributed by atoms with Crippen molar-refractivity contribution >= 4 is 27.4 Å². The molecule has 2 aliphatic heterocycles. The van der Waals surface area contributed by atoms with E-state index in [2.05, 4.69) is 4.98 Å². The van der Waals surface area contributed by atoms with Crippen LogP contribution < -0.4 is 11.3 Å². The maximum Gasteiger partial charge on any atom is 0.256 e. The number of aromatic nitrogens is 2. The molecule has 8 heteroatoms. The summed E-state index contributed by atoms with van der Waals surface area (Å²) >= 11 is 1.33. The van der Waals surface area contributed by atoms with Crippen LogP contribution in [0.1, 0.15) is 6.04 Å². The number of anilines is 1. The molecule has 2 atom stereocenters. The van der Waals surface area contributed by atoms with Gasteiger partial charge in [0.25, 0.3) is 5.56 Å². The van der Waals surface area contributed by atoms with Crippen LogP contribution in [0.4, 0.5) is 5.82 Å². The first-order valence-corrected chi connectivity index (χ1v) is 7.42. The zero-order valence-corrected chi connectivity index (χ0v) is 9.79. The van der Waals surface area contributed by atoms with E-state index >= 15 is 0 Å². The second kappa shape index (κ2) is 3.01. The van der Waals surface area contributed by atoms with Gasteiger partial charge in [0.1, 0.15) is 5.82 Å². The normalized spacial score (nSPS) is 30.0. The monoisotopic (exact) mass is 259 g/mol. The average Bonchev–Trinajstić information content (AvgIpc) is 2.54. The highest BCUT2D eigenvalue weighted by atomic mass is 32.2. The van der Waals surface area contributed by atoms with Gasteiger partial charge in [-0.15, -0.1) is 0 Å². The molecule has 2 aliphatic rings. The predicted octanol–water partition coefficient (Wildman–Crippen LogP) is -0.731. The minimum atomic E-state index is -3.01. The van der Waals surface area contributed by atoms with Crippen LogP contribution in [0.2, 0.25) is 0 Å². The Morgan fingerprint density at radius 2 is 2.25 bits per heavy atom. The maximum atomic E-state index is 11.7. The van der Waals surface area contributed by atoms with Gasteiger partial charge in [-0.05, 0) is 0 Å². The van der Waals surface area contributed by atoms with Crippen molar-refractivity contribution in [2.24, 2.45) is 0 Å². The highest BCUT2D eigenvalue weighted by molar-refractivity contribution is 8.02. The molecule has 2 N–H and O–H groups in total. The number of nitrogens with zero attached hydrogens (tertiary/aromatic N) is 2. The quantitative estimate of drug-likeness (QED) is 0.617. The number of hydrogen-bond acceptors (Lipinski definition) is 6. The zero-order valence-electron chi connectivity index (χ0n) is 8.16. The van der Waals surface area contributed by atoms with Crippen molar-refractivity contribution in [1.29, 1.82) is 0 Å². The number of nitrogen functional groups attached to an aromatic ring is 1. The van der Waals surface area contributed by atoms with Crippen LogP contribution in [-0.2, 0) is 9.84 Å². The first-order chi connectivity index (χ1) is 7.46. The summed E-state index contributed by atoms with van der Waals surface area (Å²) in [5, 5.41) is 0.446. The molecule has 1 aromatic rings. The number of sulfone groups is 1. The summed E-state index contributed by atoms with van der Waals surface area (Å²) < 4.78 is 24.4. The van der Waals surface area contributed by atoms with Crippen LogP contribution in [0.25, 0.3) is 0 Å². The summed E-state index contributed by atoms with van der Waals surface area (Å²) in [4.78, 5) is 15.8. The predicted molar refractivity (Wildman–Crippen MR) is 60.2 cm³/mol. The molecular weight excluding hydrogens is 250 g/mol. The van der Waals surface area contributed by atoms with Crippen LogP contribution in [-0.4, -0.2) is 34.7 Å². The van der Waals surface area contributed by atoms with Crippen molar-refractivity contribution in [1.82, 2.24) is 9.55 Å². The van der Waals surface area contributed by atoms with Gasteiger partial charge in [-0.2, -0.15) is 0 Å². The summed E-state index contributed by atoms with van der Waals surface area (Å²) in [6.07, 6.45) is 0. The van der Waals surface area contributed by atoms with E-state index < -0.39 is 9.84 Å². The lowest BCUT2D eigenvalue weighted by atomic mass is 10.2. The Bertz CT molecular complexity index is 622. The highest BCUT2D eigenvalue weighted by Crippen LogP contribution is 2.43. The van der Waals surface area contributed by atoms with Crippen molar-refractivity contribution < 1.29 is 8.42 Å². The molecule has 0 aliphatic carbocycles. The summed E-state index contributed by atoms with van der Waals surface area (Å²) in [5.74, 6) is 0.334. The summed E-state index contributed by atoms with van der Waals surface area (Å²) in [5.41, 5.74) is 5.22. The molecule has 1 saturated heterocycles. The number of thioether (sulfide) groups is 1. The molecule has 0 saturated carbocycles. The van der Waals surface area contributed by atoms with Gasteiger partial charge in [0, 0.05) is 11.3 Å². The van der Waals surface area contributed by atoms with Gasteiger partial charge < -0.3 is 5.73 Å². The zero-order chi connectivity index (χ0) is 11.5. The topological polar surface area (TPSA) is 95.1 Å². The Labute approximate surface area is 95.8 Å². The molecule has 0 radical (unpaired) electrons. The third-order valence-electron chi connectivity index (χ3n) is 2.80. The lowest BCUT2D eigenvalue weighted by Gasteiger charge is -2.08. The van der Waals surface area contributed by atoms with Crippen molar-refractivity contribution in [3.05, 3.63) is 16.4 Å². The van der Waals surface area contributed by atoms with Gasteiger partial charge in [0.15, 0.2) is 15.0 Å². The molecule has 86 valence electrons. The molecule has 0 bridgehead atoms. The summed E-state index contributed by atoms with van der Waals surface area (Å²) in [6, 6.07) is 0.961. The van der Waals surface area contributed by atoms with Crippen LogP contribution >= 0.6 is 11.8 Å². The van der Waals surface area contributed by atoms with E-state index in [1.807, 2.05) is 0 Å². The lowest BCUT2D eigenvalue weighted by Crippen LogP contribution is -2.26. The first-order valence-electron chi connectivity index (χ1n) is 4.72. The van der Waals surface area contributed by atoms with E-state index in [-0.39, 0.29) is 34.2 Å². The Morgan fingerprint density at radius 3 is 3.00 bits per heavy atom. The first kappa shape index (κ1) is 10.2. The largest absolute Gasteiger partial charge is 0.383 e. The van der Waals surface area contributed by atoms with E-state index in [9.17, 15) is 13.2 Å². The minimum absolute atomic E-state index is 0.0309. The Kier molecular flexibility index (Phi) is 1.91. The molecular formula is C8H9N3O3S2. The Hall–Kier alpha value is -1.02. The number of fused-ring (bicyclic) bond motifs is 3. The Balaban J connectivity index is 2.17. The molecule has 1 aromatic heterocycles. The lowest BCUT2D eigenvalue weighted by molar-refractivity contribution is 0.519. The van der Waals surface area contributed by atoms with Crippen LogP contribution in [0.3, 0.4) is 0 Å². The molecule has 0 aromatic carbocycles. The standard InChI is InChI=1S/C8H9N3O3S2/c9-6-1-7(12)11-4-2-16(13,14)3-5(4)15-8(11)10-6/h1,4-5H,2-3,9H2/t4-,5+/m1/s1. The third-order valence-corrected chi connectivity index (χ3v) is 6.01. The van der Waals surface area contributed by atoms with E-state index in [0.29, 0.717) is 5.16 Å². The van der Waals surface area contributed by atoms with Crippen LogP contribution in [0.15, 0.2) is 16.0 Å². The van der Waals surface area contributed by atoms with Gasteiger partial charge in [-0.1, -0.05) is 11.8 Å². The van der Waals surface area contributed by atoms with E-state index in [1.54, 1.807) is 0 Å². The second-order valence-electron chi connectivity index (χ2n) is 3.97. The average molecular weight is 259 g/mol. The molecule has 0 spiro atoms. The third kappa shape index (κ3) is 1.36. The van der Waals surface area contributed by atoms with Gasteiger partial charge in [0.05, 0.1) is 17.5 Å². The summed E-state index contributed by atoms with van der Waals surface area (Å²) in [7, 11) is -3.01. The fraction of sp³-hybridized carbons (Fsp3) is 0.500. The smallest absolute Gasteiger partial charge is 0.256 e. The second-order valence-corrected chi connectivity index (χ2v) is 7.33. The van der Waals surface area contributed by atoms with E-state index in [0.717, 1.165) is 0 Å². The molecule has 1 fully saturated rings. The van der Waals surface area contributed by atoms with Crippen LogP contribution in [0.5, 0.6) is 0 Å². The van der Waals surface area contributed by atoms with Crippen molar-refractivity contribution in [3.8, 4) is 0 Å². The number of hydrogen-bond donors (Lipinski definition) is 1. The van der Waals surface area contributed by atoms with E-state index in [4.69, 9.17) is 5.73 Å². The summed E-state index contributed by atoms with van der Waals surface area (Å²) in [6.45, 7) is 0. The van der Waals surface area contributed by atoms with Crippen molar-refractivity contribution in [2.45, 2.75) is 16.4 Å². The van der Waals surface area contributed by atoms with Gasteiger partial charge in [-0.3, -0.25) is 9.36 Å². The fourth-order valence-electron chi connectivity index (χ4n) is 2.16. The fourth-order valence-corrected chi connectivity index (χ4v) is 6.08. The van der Waals surface area contributed by atoms with Crippen LogP contribution in [0, 0.1) is 0 Å². The SMILES string of the molecule is Nc1cc(=O)n2c(n1)S[C@H]1CS(=O)(=O)C[C@H]12. The van der Waals surface area contributed by atoms with Gasteiger partial charge in [-0.25, -0.2) is 13.4 Å². The molecule has 3 heterocycles. The number of nitrogens with two attached hydrogens (primary N) is 1. The molecule has 0 unspecified atom stereocenters.